The first-order valence-electron chi connectivity index (χ1n) is 16.5. The molecule has 0 amide bonds. The summed E-state index contributed by atoms with van der Waals surface area (Å²) in [6, 6.07) is 59.9. The minimum Gasteiger partial charge on any atom is -0.455 e. The largest absolute Gasteiger partial charge is 0.455 e. The van der Waals surface area contributed by atoms with Crippen molar-refractivity contribution in [3.8, 4) is 16.8 Å². The van der Waals surface area contributed by atoms with Crippen LogP contribution in [0.15, 0.2) is 180 Å². The quantitative estimate of drug-likeness (QED) is 0.190. The number of pyridine rings is 1. The molecule has 0 aliphatic rings. The van der Waals surface area contributed by atoms with Gasteiger partial charge in [-0.05, 0) is 71.1 Å². The summed E-state index contributed by atoms with van der Waals surface area (Å²) in [6.45, 7) is 0. The molecule has 0 radical (unpaired) electrons. The van der Waals surface area contributed by atoms with Gasteiger partial charge in [0.25, 0.3) is 0 Å². The van der Waals surface area contributed by atoms with Gasteiger partial charge in [-0.3, -0.25) is 4.90 Å². The molecule has 10 aromatic rings. The lowest BCUT2D eigenvalue weighted by Gasteiger charge is -2.24. The minimum atomic E-state index is 0.787. The van der Waals surface area contributed by atoms with Gasteiger partial charge < -0.3 is 8.98 Å². The molecule has 0 atom stereocenters. The first kappa shape index (κ1) is 27.5. The van der Waals surface area contributed by atoms with Crippen molar-refractivity contribution < 1.29 is 4.42 Å². The van der Waals surface area contributed by atoms with Crippen molar-refractivity contribution in [2.24, 2.45) is 0 Å². The van der Waals surface area contributed by atoms with E-state index in [-0.39, 0.29) is 0 Å². The lowest BCUT2D eigenvalue weighted by molar-refractivity contribution is 0.672. The van der Waals surface area contributed by atoms with Gasteiger partial charge in [0.05, 0.1) is 11.0 Å². The van der Waals surface area contributed by atoms with Gasteiger partial charge in [-0.2, -0.15) is 0 Å². The van der Waals surface area contributed by atoms with E-state index in [2.05, 4.69) is 173 Å². The summed E-state index contributed by atoms with van der Waals surface area (Å²) in [5, 5.41) is 6.72. The molecule has 0 bridgehead atoms. The summed E-state index contributed by atoms with van der Waals surface area (Å²) >= 11 is 0. The molecule has 0 saturated carbocycles. The van der Waals surface area contributed by atoms with E-state index in [1.54, 1.807) is 0 Å². The van der Waals surface area contributed by atoms with Crippen LogP contribution in [0.5, 0.6) is 0 Å². The molecule has 49 heavy (non-hydrogen) atoms. The van der Waals surface area contributed by atoms with Gasteiger partial charge in [-0.1, -0.05) is 109 Å². The van der Waals surface area contributed by atoms with Crippen molar-refractivity contribution in [1.82, 2.24) is 9.55 Å². The van der Waals surface area contributed by atoms with Gasteiger partial charge in [0.1, 0.15) is 17.0 Å². The second-order valence-electron chi connectivity index (χ2n) is 12.4. The Morgan fingerprint density at radius 1 is 0.469 bits per heavy atom. The summed E-state index contributed by atoms with van der Waals surface area (Å²) in [5.41, 5.74) is 9.55. The lowest BCUT2D eigenvalue weighted by atomic mass is 10.0. The molecule has 0 spiro atoms. The molecule has 0 N–H and O–H groups in total. The molecule has 0 saturated heterocycles. The number of fused-ring (bicyclic) bond motifs is 8. The molecule has 4 nitrogen and oxygen atoms in total. The summed E-state index contributed by atoms with van der Waals surface area (Å²) in [5.74, 6) is 0.787. The maximum absolute atomic E-state index is 6.62. The number of benzene rings is 7. The van der Waals surface area contributed by atoms with E-state index >= 15 is 0 Å². The second-order valence-corrected chi connectivity index (χ2v) is 12.4. The minimum absolute atomic E-state index is 0.787. The van der Waals surface area contributed by atoms with Gasteiger partial charge >= 0.3 is 0 Å². The van der Waals surface area contributed by atoms with Crippen LogP contribution in [0.4, 0.5) is 17.2 Å². The Labute approximate surface area is 282 Å². The van der Waals surface area contributed by atoms with Crippen molar-refractivity contribution in [1.29, 1.82) is 0 Å². The topological polar surface area (TPSA) is 34.2 Å². The van der Waals surface area contributed by atoms with E-state index < -0.39 is 0 Å². The number of aromatic nitrogens is 2. The second kappa shape index (κ2) is 11.0. The Bertz CT molecular complexity index is 2820. The van der Waals surface area contributed by atoms with Crippen LogP contribution in [-0.2, 0) is 0 Å². The fourth-order valence-electron chi connectivity index (χ4n) is 7.31. The predicted molar refractivity (Wildman–Crippen MR) is 203 cm³/mol. The Morgan fingerprint density at radius 3 is 1.98 bits per heavy atom. The van der Waals surface area contributed by atoms with E-state index in [1.807, 2.05) is 12.3 Å². The van der Waals surface area contributed by atoms with E-state index in [0.717, 1.165) is 61.1 Å². The fraction of sp³-hybridized carbons (Fsp3) is 0. The first-order chi connectivity index (χ1) is 24.3. The van der Waals surface area contributed by atoms with Crippen LogP contribution in [0.1, 0.15) is 0 Å². The van der Waals surface area contributed by atoms with E-state index in [0.29, 0.717) is 0 Å². The van der Waals surface area contributed by atoms with E-state index in [9.17, 15) is 0 Å². The molecule has 0 aliphatic carbocycles. The van der Waals surface area contributed by atoms with Crippen LogP contribution >= 0.6 is 0 Å². The summed E-state index contributed by atoms with van der Waals surface area (Å²) in [4.78, 5) is 7.33. The van der Waals surface area contributed by atoms with E-state index in [4.69, 9.17) is 9.40 Å². The van der Waals surface area contributed by atoms with Crippen LogP contribution < -0.4 is 4.90 Å². The molecule has 3 heterocycles. The number of hydrogen-bond acceptors (Lipinski definition) is 3. The van der Waals surface area contributed by atoms with Gasteiger partial charge in [-0.15, -0.1) is 0 Å². The zero-order valence-electron chi connectivity index (χ0n) is 26.5. The molecule has 10 rings (SSSR count). The van der Waals surface area contributed by atoms with Crippen molar-refractivity contribution >= 4 is 71.7 Å². The molecule has 0 unspecified atom stereocenters. The van der Waals surface area contributed by atoms with Gasteiger partial charge in [0.15, 0.2) is 0 Å². The maximum Gasteiger partial charge on any atom is 0.143 e. The summed E-state index contributed by atoms with van der Waals surface area (Å²) < 4.78 is 8.96. The third-order valence-electron chi connectivity index (χ3n) is 9.62. The highest BCUT2D eigenvalue weighted by Gasteiger charge is 2.20. The van der Waals surface area contributed by atoms with Crippen LogP contribution in [0.3, 0.4) is 0 Å². The maximum atomic E-state index is 6.62. The Balaban J connectivity index is 1.18. The highest BCUT2D eigenvalue weighted by molar-refractivity contribution is 6.15. The number of nitrogens with zero attached hydrogens (tertiary/aromatic N) is 3. The first-order valence-corrected chi connectivity index (χ1v) is 16.5. The Kier molecular flexibility index (Phi) is 6.15. The number of rotatable bonds is 5. The molecule has 0 fully saturated rings. The third-order valence-corrected chi connectivity index (χ3v) is 9.62. The van der Waals surface area contributed by atoms with E-state index in [1.165, 1.54) is 27.4 Å². The zero-order chi connectivity index (χ0) is 32.3. The molecular weight excluding hydrogens is 599 g/mol. The van der Waals surface area contributed by atoms with Crippen LogP contribution in [-0.4, -0.2) is 9.55 Å². The lowest BCUT2D eigenvalue weighted by Crippen LogP contribution is -2.11. The van der Waals surface area contributed by atoms with Crippen LogP contribution in [0.25, 0.3) is 71.3 Å². The highest BCUT2D eigenvalue weighted by Crippen LogP contribution is 2.41. The van der Waals surface area contributed by atoms with Crippen molar-refractivity contribution in [2.45, 2.75) is 0 Å². The zero-order valence-corrected chi connectivity index (χ0v) is 26.5. The fourth-order valence-corrected chi connectivity index (χ4v) is 7.31. The van der Waals surface area contributed by atoms with Crippen LogP contribution in [0.2, 0.25) is 0 Å². The van der Waals surface area contributed by atoms with Crippen molar-refractivity contribution in [3.63, 3.8) is 0 Å². The number of anilines is 3. The highest BCUT2D eigenvalue weighted by atomic mass is 16.3. The molecule has 0 aliphatic heterocycles. The third kappa shape index (κ3) is 4.42. The molecular formula is C45H29N3O. The van der Waals surface area contributed by atoms with Gasteiger partial charge in [0, 0.05) is 56.3 Å². The number of hydrogen-bond donors (Lipinski definition) is 0. The van der Waals surface area contributed by atoms with Gasteiger partial charge in [-0.25, -0.2) is 4.98 Å². The SMILES string of the molecule is c1ccc(-c2ccc(N(c3ccc4c(c3)c3ccccc3n4-c3ccccc3)c3cc4oc5c6ccccc6ccc5c4cn3)cc2)cc1. The standard InChI is InChI=1S/C45H29N3O/c1-3-11-30(12-4-1)31-19-22-34(23-20-31)47(44-28-43-40(29-46-44)38-25-21-32-13-7-8-16-36(32)45(38)49-43)35-24-26-42-39(27-35)37-17-9-10-18-41(37)48(42)33-14-5-2-6-15-33/h1-29H. The average Bonchev–Trinajstić information content (AvgIpc) is 3.71. The number of para-hydroxylation sites is 2. The van der Waals surface area contributed by atoms with Crippen molar-refractivity contribution in [2.75, 3.05) is 4.90 Å². The Hall–Kier alpha value is -6.65. The molecule has 4 heteroatoms. The van der Waals surface area contributed by atoms with Crippen molar-refractivity contribution in [3.05, 3.63) is 176 Å². The monoisotopic (exact) mass is 627 g/mol. The number of furan rings is 1. The summed E-state index contributed by atoms with van der Waals surface area (Å²) in [6.07, 6.45) is 1.95. The summed E-state index contributed by atoms with van der Waals surface area (Å²) in [7, 11) is 0. The Morgan fingerprint density at radius 2 is 1.14 bits per heavy atom. The molecule has 7 aromatic carbocycles. The molecule has 3 aromatic heterocycles. The van der Waals surface area contributed by atoms with Gasteiger partial charge in [0.2, 0.25) is 0 Å². The van der Waals surface area contributed by atoms with Crippen LogP contribution in [0, 0.1) is 0 Å². The normalized spacial score (nSPS) is 11.7. The predicted octanol–water partition coefficient (Wildman–Crippen LogP) is 12.4. The average molecular weight is 628 g/mol. The smallest absolute Gasteiger partial charge is 0.143 e. The molecule has 230 valence electrons.